The number of aliphatic hydroxyl groups excluding tert-OH is 3. The van der Waals surface area contributed by atoms with E-state index in [0.717, 1.165) is 15.9 Å². The quantitative estimate of drug-likeness (QED) is 0.291. The number of aromatic nitrogens is 3. The molecule has 2 aromatic rings. The molecule has 0 radical (unpaired) electrons. The third kappa shape index (κ3) is 4.48. The predicted molar refractivity (Wildman–Crippen MR) is 100 cm³/mol. The van der Waals surface area contributed by atoms with Gasteiger partial charge in [-0.2, -0.15) is 9.97 Å². The third-order valence-corrected chi connectivity index (χ3v) is 5.24. The predicted octanol–water partition coefficient (Wildman–Crippen LogP) is -1.23. The highest BCUT2D eigenvalue weighted by molar-refractivity contribution is 7.16. The lowest BCUT2D eigenvalue weighted by Gasteiger charge is -2.16. The van der Waals surface area contributed by atoms with E-state index >= 15 is 0 Å². The summed E-state index contributed by atoms with van der Waals surface area (Å²) in [5.74, 6) is -0.398. The zero-order chi connectivity index (χ0) is 21.1. The second-order valence-corrected chi connectivity index (χ2v) is 7.36. The molecular weight excluding hydrogens is 408 g/mol. The minimum atomic E-state index is -1.44. The van der Waals surface area contributed by atoms with Crippen molar-refractivity contribution < 1.29 is 34.3 Å². The van der Waals surface area contributed by atoms with Crippen molar-refractivity contribution in [3.05, 3.63) is 9.67 Å². The van der Waals surface area contributed by atoms with E-state index < -0.39 is 36.0 Å². The van der Waals surface area contributed by atoms with Crippen LogP contribution < -0.4 is 15.3 Å². The van der Waals surface area contributed by atoms with Crippen LogP contribution in [-0.2, 0) is 14.3 Å². The average Bonchev–Trinajstić information content (AvgIpc) is 3.14. The van der Waals surface area contributed by atoms with Crippen molar-refractivity contribution in [3.8, 4) is 5.88 Å². The Balaban J connectivity index is 1.81. The van der Waals surface area contributed by atoms with Gasteiger partial charge in [-0.25, -0.2) is 0 Å². The van der Waals surface area contributed by atoms with Gasteiger partial charge in [-0.05, 0) is 12.8 Å². The largest absolute Gasteiger partial charge is 0.476 e. The number of esters is 1. The highest BCUT2D eigenvalue weighted by Crippen LogP contribution is 2.34. The second kappa shape index (κ2) is 9.00. The number of ether oxygens (including phenoxy) is 3. The van der Waals surface area contributed by atoms with Crippen LogP contribution in [0, 0.1) is 0 Å². The van der Waals surface area contributed by atoms with Crippen LogP contribution in [0.25, 0.3) is 10.3 Å². The third-order valence-electron chi connectivity index (χ3n) is 4.30. The number of fused-ring (bicyclic) bond motifs is 1. The molecule has 160 valence electrons. The first-order valence-corrected chi connectivity index (χ1v) is 9.72. The first-order chi connectivity index (χ1) is 13.8. The Hall–Kier alpha value is -2.32. The van der Waals surface area contributed by atoms with Crippen molar-refractivity contribution in [2.24, 2.45) is 0 Å². The summed E-state index contributed by atoms with van der Waals surface area (Å²) in [6.07, 6.45) is -3.92. The van der Waals surface area contributed by atoms with Crippen LogP contribution in [0.4, 0.5) is 5.95 Å². The van der Waals surface area contributed by atoms with E-state index in [1.54, 1.807) is 0 Å². The van der Waals surface area contributed by atoms with Gasteiger partial charge in [0.15, 0.2) is 11.9 Å². The van der Waals surface area contributed by atoms with Gasteiger partial charge in [-0.1, -0.05) is 11.3 Å². The minimum Gasteiger partial charge on any atom is -0.476 e. The SMILES string of the molecule is CC(=O)OCCCCOc1nc(N)nc2c1sc(=O)n2[C@@H]1O[C@H](CO)[C@@H](O)[C@H]1O. The van der Waals surface area contributed by atoms with E-state index in [9.17, 15) is 24.9 Å². The highest BCUT2D eigenvalue weighted by Gasteiger charge is 2.45. The maximum Gasteiger partial charge on any atom is 0.311 e. The summed E-state index contributed by atoms with van der Waals surface area (Å²) >= 11 is 0.782. The summed E-state index contributed by atoms with van der Waals surface area (Å²) in [5.41, 5.74) is 5.83. The number of hydrogen-bond donors (Lipinski definition) is 4. The van der Waals surface area contributed by atoms with Crippen molar-refractivity contribution in [1.82, 2.24) is 14.5 Å². The number of carbonyl (C=O) groups excluding carboxylic acids is 1. The molecule has 12 nitrogen and oxygen atoms in total. The standard InChI is InChI=1S/C16H22N4O8S/c1-7(22)26-4-2-3-5-27-13-11-12(18-15(17)19-13)20(16(25)29-11)14-10(24)9(23)8(6-21)28-14/h8-10,14,21,23-24H,2-6H2,1H3,(H2,17,18,19)/t8-,9-,10-,14-/m1/s1. The monoisotopic (exact) mass is 430 g/mol. The number of hydrogen-bond acceptors (Lipinski definition) is 12. The van der Waals surface area contributed by atoms with E-state index in [1.165, 1.54) is 6.92 Å². The number of nitrogen functional groups attached to an aromatic ring is 1. The van der Waals surface area contributed by atoms with Crippen LogP contribution in [0.5, 0.6) is 5.88 Å². The number of aliphatic hydroxyl groups is 3. The molecule has 0 saturated carbocycles. The van der Waals surface area contributed by atoms with Gasteiger partial charge < -0.3 is 35.3 Å². The summed E-state index contributed by atoms with van der Waals surface area (Å²) in [4.78, 5) is 30.8. The van der Waals surface area contributed by atoms with Crippen molar-refractivity contribution >= 4 is 33.6 Å². The molecule has 2 aromatic heterocycles. The molecular formula is C16H22N4O8S. The molecule has 0 aliphatic carbocycles. The van der Waals surface area contributed by atoms with Crippen molar-refractivity contribution in [2.45, 2.75) is 44.3 Å². The van der Waals surface area contributed by atoms with Gasteiger partial charge in [0.25, 0.3) is 0 Å². The summed E-state index contributed by atoms with van der Waals surface area (Å²) in [7, 11) is 0. The van der Waals surface area contributed by atoms with E-state index in [0.29, 0.717) is 17.5 Å². The van der Waals surface area contributed by atoms with Gasteiger partial charge in [0, 0.05) is 6.92 Å². The Morgan fingerprint density at radius 2 is 2.00 bits per heavy atom. The van der Waals surface area contributed by atoms with E-state index in [4.69, 9.17) is 19.9 Å². The fraction of sp³-hybridized carbons (Fsp3) is 0.625. The number of rotatable bonds is 8. The first-order valence-electron chi connectivity index (χ1n) is 8.90. The summed E-state index contributed by atoms with van der Waals surface area (Å²) in [6, 6.07) is 0. The summed E-state index contributed by atoms with van der Waals surface area (Å²) < 4.78 is 17.3. The number of thiazole rings is 1. The molecule has 1 fully saturated rings. The van der Waals surface area contributed by atoms with Gasteiger partial charge in [-0.3, -0.25) is 14.2 Å². The van der Waals surface area contributed by atoms with Crippen molar-refractivity contribution in [2.75, 3.05) is 25.6 Å². The molecule has 0 amide bonds. The number of carbonyl (C=O) groups is 1. The zero-order valence-electron chi connectivity index (χ0n) is 15.6. The minimum absolute atomic E-state index is 0.0947. The van der Waals surface area contributed by atoms with Gasteiger partial charge in [0.2, 0.25) is 11.8 Å². The fourth-order valence-electron chi connectivity index (χ4n) is 2.91. The number of unbranched alkanes of at least 4 members (excludes halogenated alkanes) is 1. The molecule has 29 heavy (non-hydrogen) atoms. The number of nitrogens with two attached hydrogens (primary N) is 1. The fourth-order valence-corrected chi connectivity index (χ4v) is 3.81. The highest BCUT2D eigenvalue weighted by atomic mass is 32.1. The maximum absolute atomic E-state index is 12.5. The Bertz CT molecular complexity index is 932. The lowest BCUT2D eigenvalue weighted by molar-refractivity contribution is -0.141. The van der Waals surface area contributed by atoms with Crippen molar-refractivity contribution in [3.63, 3.8) is 0 Å². The Morgan fingerprint density at radius 1 is 1.28 bits per heavy atom. The van der Waals surface area contributed by atoms with Crippen molar-refractivity contribution in [1.29, 1.82) is 0 Å². The topological polar surface area (TPSA) is 179 Å². The van der Waals surface area contributed by atoms with E-state index in [-0.39, 0.29) is 36.7 Å². The van der Waals surface area contributed by atoms with Gasteiger partial charge in [-0.15, -0.1) is 0 Å². The van der Waals surface area contributed by atoms with Gasteiger partial charge >= 0.3 is 10.8 Å². The van der Waals surface area contributed by atoms with Crippen LogP contribution in [0.2, 0.25) is 0 Å². The van der Waals surface area contributed by atoms with E-state index in [1.807, 2.05) is 0 Å². The number of nitrogens with zero attached hydrogens (tertiary/aromatic N) is 3. The molecule has 0 bridgehead atoms. The molecule has 13 heteroatoms. The smallest absolute Gasteiger partial charge is 0.311 e. The first kappa shape index (κ1) is 21.4. The molecule has 3 heterocycles. The maximum atomic E-state index is 12.5. The molecule has 1 saturated heterocycles. The summed E-state index contributed by atoms with van der Waals surface area (Å²) in [5, 5.41) is 29.4. The summed E-state index contributed by atoms with van der Waals surface area (Å²) in [6.45, 7) is 1.32. The molecule has 4 atom stereocenters. The average molecular weight is 430 g/mol. The van der Waals surface area contributed by atoms with Crippen LogP contribution >= 0.6 is 11.3 Å². The van der Waals surface area contributed by atoms with Crippen LogP contribution in [-0.4, -0.2) is 74.0 Å². The lowest BCUT2D eigenvalue weighted by atomic mass is 10.1. The second-order valence-electron chi connectivity index (χ2n) is 6.40. The van der Waals surface area contributed by atoms with E-state index in [2.05, 4.69) is 9.97 Å². The number of anilines is 1. The Kier molecular flexibility index (Phi) is 6.64. The Labute approximate surface area is 168 Å². The molecule has 3 rings (SSSR count). The van der Waals surface area contributed by atoms with Crippen LogP contribution in [0.1, 0.15) is 26.0 Å². The molecule has 0 spiro atoms. The molecule has 1 aliphatic rings. The molecule has 5 N–H and O–H groups in total. The zero-order valence-corrected chi connectivity index (χ0v) is 16.4. The van der Waals surface area contributed by atoms with Crippen LogP contribution in [0.3, 0.4) is 0 Å². The lowest BCUT2D eigenvalue weighted by Crippen LogP contribution is -2.34. The molecule has 0 aromatic carbocycles. The van der Waals surface area contributed by atoms with Gasteiger partial charge in [0.05, 0.1) is 19.8 Å². The normalized spacial score (nSPS) is 24.1. The van der Waals surface area contributed by atoms with Gasteiger partial charge in [0.1, 0.15) is 23.0 Å². The molecule has 1 aliphatic heterocycles. The van der Waals surface area contributed by atoms with Crippen LogP contribution in [0.15, 0.2) is 4.79 Å². The Morgan fingerprint density at radius 3 is 2.66 bits per heavy atom. The molecule has 0 unspecified atom stereocenters.